The summed E-state index contributed by atoms with van der Waals surface area (Å²) in [7, 11) is 1.50. The average Bonchev–Trinajstić information content (AvgIpc) is 3.18. The molecule has 0 saturated carbocycles. The van der Waals surface area contributed by atoms with Crippen LogP contribution in [0.1, 0.15) is 19.4 Å². The van der Waals surface area contributed by atoms with Gasteiger partial charge in [-0.2, -0.15) is 0 Å². The fourth-order valence-electron chi connectivity index (χ4n) is 2.52. The molecule has 144 valence electrons. The number of fused-ring (bicyclic) bond motifs is 1. The first-order valence-electron chi connectivity index (χ1n) is 8.38. The molecular weight excluding hydrogens is 372 g/mol. The smallest absolute Gasteiger partial charge is 0.294 e. The van der Waals surface area contributed by atoms with E-state index < -0.39 is 11.1 Å². The van der Waals surface area contributed by atoms with Crippen LogP contribution in [0.15, 0.2) is 17.0 Å². The van der Waals surface area contributed by atoms with Crippen LogP contribution in [-0.2, 0) is 9.59 Å². The fourth-order valence-corrected chi connectivity index (χ4v) is 3.35. The predicted molar refractivity (Wildman–Crippen MR) is 99.6 cm³/mol. The van der Waals surface area contributed by atoms with Gasteiger partial charge in [-0.3, -0.25) is 19.3 Å². The SMILES string of the molecule is COc1cc2c(cc1/C=C1\SC(=O)N(CC(=O)NCC(C)C)C1=O)OCO2. The Bertz CT molecular complexity index is 820. The number of benzene rings is 1. The Balaban J connectivity index is 1.77. The number of nitrogens with zero attached hydrogens (tertiary/aromatic N) is 1. The molecule has 2 heterocycles. The number of imide groups is 1. The number of hydrogen-bond acceptors (Lipinski definition) is 7. The van der Waals surface area contributed by atoms with E-state index >= 15 is 0 Å². The monoisotopic (exact) mass is 392 g/mol. The van der Waals surface area contributed by atoms with Crippen LogP contribution in [0.25, 0.3) is 6.08 Å². The first-order chi connectivity index (χ1) is 12.9. The minimum absolute atomic E-state index is 0.115. The van der Waals surface area contributed by atoms with E-state index in [0.29, 0.717) is 29.4 Å². The summed E-state index contributed by atoms with van der Waals surface area (Å²) in [5.74, 6) is 0.980. The van der Waals surface area contributed by atoms with Crippen LogP contribution in [0.4, 0.5) is 4.79 Å². The topological polar surface area (TPSA) is 94.2 Å². The number of carbonyl (C=O) groups is 3. The lowest BCUT2D eigenvalue weighted by atomic mass is 10.1. The van der Waals surface area contributed by atoms with Crippen molar-refractivity contribution < 1.29 is 28.6 Å². The number of nitrogens with one attached hydrogen (secondary N) is 1. The van der Waals surface area contributed by atoms with Gasteiger partial charge in [0.1, 0.15) is 12.3 Å². The van der Waals surface area contributed by atoms with Crippen molar-refractivity contribution >= 4 is 34.9 Å². The lowest BCUT2D eigenvalue weighted by Gasteiger charge is -2.13. The molecule has 1 fully saturated rings. The number of ether oxygens (including phenoxy) is 3. The zero-order valence-corrected chi connectivity index (χ0v) is 16.1. The Morgan fingerprint density at radius 2 is 2.04 bits per heavy atom. The van der Waals surface area contributed by atoms with E-state index in [4.69, 9.17) is 14.2 Å². The van der Waals surface area contributed by atoms with Crippen LogP contribution in [0.3, 0.4) is 0 Å². The molecule has 0 atom stereocenters. The lowest BCUT2D eigenvalue weighted by Crippen LogP contribution is -2.40. The maximum Gasteiger partial charge on any atom is 0.294 e. The molecule has 2 aliphatic rings. The van der Waals surface area contributed by atoms with E-state index in [-0.39, 0.29) is 30.1 Å². The molecule has 1 saturated heterocycles. The van der Waals surface area contributed by atoms with Crippen LogP contribution in [-0.4, -0.2) is 48.9 Å². The standard InChI is InChI=1S/C18H20N2O6S/c1-10(2)7-19-16(21)8-20-17(22)15(27-18(20)23)5-11-4-13-14(26-9-25-13)6-12(11)24-3/h4-6,10H,7-9H2,1-3H3,(H,19,21)/b15-5-. The van der Waals surface area contributed by atoms with Crippen LogP contribution in [0.5, 0.6) is 17.2 Å². The Morgan fingerprint density at radius 1 is 1.33 bits per heavy atom. The number of carbonyl (C=O) groups excluding carboxylic acids is 3. The summed E-state index contributed by atoms with van der Waals surface area (Å²) < 4.78 is 16.0. The highest BCUT2D eigenvalue weighted by atomic mass is 32.2. The zero-order valence-electron chi connectivity index (χ0n) is 15.2. The van der Waals surface area contributed by atoms with Gasteiger partial charge in [-0.1, -0.05) is 13.8 Å². The second kappa shape index (κ2) is 7.91. The van der Waals surface area contributed by atoms with E-state index in [1.165, 1.54) is 7.11 Å². The number of amides is 3. The Kier molecular flexibility index (Phi) is 5.59. The Morgan fingerprint density at radius 3 is 2.70 bits per heavy atom. The van der Waals surface area contributed by atoms with Gasteiger partial charge in [-0.25, -0.2) is 0 Å². The third-order valence-corrected chi connectivity index (χ3v) is 4.80. The van der Waals surface area contributed by atoms with Gasteiger partial charge in [0.2, 0.25) is 12.7 Å². The molecular formula is C18H20N2O6S. The normalized spacial score (nSPS) is 17.2. The number of rotatable bonds is 6. The molecule has 8 nitrogen and oxygen atoms in total. The van der Waals surface area contributed by atoms with Gasteiger partial charge in [0.05, 0.1) is 12.0 Å². The quantitative estimate of drug-likeness (QED) is 0.742. The van der Waals surface area contributed by atoms with Crippen LogP contribution < -0.4 is 19.5 Å². The summed E-state index contributed by atoms with van der Waals surface area (Å²) in [5.41, 5.74) is 0.580. The molecule has 1 aromatic rings. The van der Waals surface area contributed by atoms with Gasteiger partial charge >= 0.3 is 0 Å². The largest absolute Gasteiger partial charge is 0.496 e. The Hall–Kier alpha value is -2.68. The average molecular weight is 392 g/mol. The minimum atomic E-state index is -0.510. The van der Waals surface area contributed by atoms with Gasteiger partial charge < -0.3 is 19.5 Å². The van der Waals surface area contributed by atoms with Gasteiger partial charge in [0.15, 0.2) is 11.5 Å². The summed E-state index contributed by atoms with van der Waals surface area (Å²) in [6, 6.07) is 3.35. The van der Waals surface area contributed by atoms with E-state index in [0.717, 1.165) is 16.7 Å². The maximum atomic E-state index is 12.6. The molecule has 27 heavy (non-hydrogen) atoms. The second-order valence-corrected chi connectivity index (χ2v) is 7.41. The molecule has 0 bridgehead atoms. The first-order valence-corrected chi connectivity index (χ1v) is 9.20. The van der Waals surface area contributed by atoms with Crippen molar-refractivity contribution in [3.63, 3.8) is 0 Å². The first kappa shape index (κ1) is 19.1. The summed E-state index contributed by atoms with van der Waals surface area (Å²) >= 11 is 0.786. The zero-order chi connectivity index (χ0) is 19.6. The minimum Gasteiger partial charge on any atom is -0.496 e. The Labute approximate surface area is 160 Å². The summed E-state index contributed by atoms with van der Waals surface area (Å²) in [5, 5.41) is 2.22. The van der Waals surface area contributed by atoms with E-state index in [2.05, 4.69) is 5.32 Å². The van der Waals surface area contributed by atoms with E-state index in [9.17, 15) is 14.4 Å². The van der Waals surface area contributed by atoms with Crippen molar-refractivity contribution in [1.29, 1.82) is 0 Å². The van der Waals surface area contributed by atoms with Crippen LogP contribution in [0.2, 0.25) is 0 Å². The van der Waals surface area contributed by atoms with E-state index in [1.807, 2.05) is 13.8 Å². The van der Waals surface area contributed by atoms with Crippen molar-refractivity contribution in [3.8, 4) is 17.2 Å². The maximum absolute atomic E-state index is 12.6. The summed E-state index contributed by atoms with van der Waals surface area (Å²) in [6.07, 6.45) is 1.55. The van der Waals surface area contributed by atoms with Crippen LogP contribution >= 0.6 is 11.8 Å². The molecule has 0 aliphatic carbocycles. The van der Waals surface area contributed by atoms with E-state index in [1.54, 1.807) is 18.2 Å². The summed E-state index contributed by atoms with van der Waals surface area (Å²) in [4.78, 5) is 37.8. The van der Waals surface area contributed by atoms with Gasteiger partial charge in [0, 0.05) is 18.2 Å². The molecule has 1 N–H and O–H groups in total. The number of methoxy groups -OCH3 is 1. The van der Waals surface area contributed by atoms with Crippen molar-refractivity contribution in [1.82, 2.24) is 10.2 Å². The van der Waals surface area contributed by atoms with Gasteiger partial charge in [0.25, 0.3) is 11.1 Å². The molecule has 0 aromatic heterocycles. The second-order valence-electron chi connectivity index (χ2n) is 6.41. The highest BCUT2D eigenvalue weighted by Crippen LogP contribution is 2.40. The fraction of sp³-hybridized carbons (Fsp3) is 0.389. The third-order valence-electron chi connectivity index (χ3n) is 3.89. The molecule has 0 radical (unpaired) electrons. The highest BCUT2D eigenvalue weighted by Gasteiger charge is 2.36. The van der Waals surface area contributed by atoms with Gasteiger partial charge in [-0.15, -0.1) is 0 Å². The molecule has 9 heteroatoms. The molecule has 2 aliphatic heterocycles. The molecule has 3 amide bonds. The van der Waals surface area contributed by atoms with Crippen LogP contribution in [0, 0.1) is 5.92 Å². The highest BCUT2D eigenvalue weighted by molar-refractivity contribution is 8.18. The van der Waals surface area contributed by atoms with Crippen molar-refractivity contribution in [2.24, 2.45) is 5.92 Å². The number of hydrogen-bond donors (Lipinski definition) is 1. The van der Waals surface area contributed by atoms with Crippen molar-refractivity contribution in [2.75, 3.05) is 27.0 Å². The molecule has 0 spiro atoms. The predicted octanol–water partition coefficient (Wildman–Crippen LogP) is 2.23. The van der Waals surface area contributed by atoms with Crippen molar-refractivity contribution in [2.45, 2.75) is 13.8 Å². The van der Waals surface area contributed by atoms with Gasteiger partial charge in [-0.05, 0) is 29.8 Å². The summed E-state index contributed by atoms with van der Waals surface area (Å²) in [6.45, 7) is 4.22. The molecule has 0 unspecified atom stereocenters. The molecule has 3 rings (SSSR count). The molecule has 1 aromatic carbocycles. The van der Waals surface area contributed by atoms with Crippen molar-refractivity contribution in [3.05, 3.63) is 22.6 Å². The number of thioether (sulfide) groups is 1. The third kappa shape index (κ3) is 4.19. The lowest BCUT2D eigenvalue weighted by molar-refractivity contribution is -0.129.